The van der Waals surface area contributed by atoms with E-state index < -0.39 is 0 Å². The Hall–Kier alpha value is -1.29. The van der Waals surface area contributed by atoms with E-state index in [0.717, 1.165) is 0 Å². The van der Waals surface area contributed by atoms with Crippen LogP contribution in [0.3, 0.4) is 0 Å². The molecule has 0 aliphatic carbocycles. The lowest BCUT2D eigenvalue weighted by atomic mass is 10.1. The Labute approximate surface area is 127 Å². The molecule has 5 heteroatoms. The Morgan fingerprint density at radius 3 is 2.40 bits per heavy atom. The third-order valence-electron chi connectivity index (χ3n) is 2.91. The quantitative estimate of drug-likeness (QED) is 0.885. The average Bonchev–Trinajstić information content (AvgIpc) is 2.37. The lowest BCUT2D eigenvalue weighted by Gasteiger charge is -2.12. The van der Waals surface area contributed by atoms with Crippen molar-refractivity contribution in [2.45, 2.75) is 19.6 Å². The summed E-state index contributed by atoms with van der Waals surface area (Å²) in [5.74, 6) is 0.0191. The van der Waals surface area contributed by atoms with Crippen LogP contribution in [-0.4, -0.2) is 0 Å². The first kappa shape index (κ1) is 15.1. The summed E-state index contributed by atoms with van der Waals surface area (Å²) in [4.78, 5) is 0. The van der Waals surface area contributed by atoms with Gasteiger partial charge in [-0.3, -0.25) is 0 Å². The zero-order valence-corrected chi connectivity index (χ0v) is 12.4. The second kappa shape index (κ2) is 6.44. The summed E-state index contributed by atoms with van der Waals surface area (Å²) in [5, 5.41) is 1.04. The predicted octanol–water partition coefficient (Wildman–Crippen LogP) is 4.73. The van der Waals surface area contributed by atoms with Gasteiger partial charge in [0.15, 0.2) is 0 Å². The van der Waals surface area contributed by atoms with Crippen molar-refractivity contribution >= 4 is 23.2 Å². The number of nitrogens with two attached hydrogens (primary N) is 1. The summed E-state index contributed by atoms with van der Waals surface area (Å²) in [5.41, 5.74) is 6.78. The second-order valence-corrected chi connectivity index (χ2v) is 5.28. The fourth-order valence-corrected chi connectivity index (χ4v) is 2.30. The maximum Gasteiger partial charge on any atom is 0.131 e. The zero-order valence-electron chi connectivity index (χ0n) is 10.9. The predicted molar refractivity (Wildman–Crippen MR) is 79.8 cm³/mol. The van der Waals surface area contributed by atoms with Crippen LogP contribution in [-0.2, 0) is 6.61 Å². The van der Waals surface area contributed by atoms with E-state index in [2.05, 4.69) is 0 Å². The van der Waals surface area contributed by atoms with Crippen molar-refractivity contribution in [1.29, 1.82) is 0 Å². The third-order valence-corrected chi connectivity index (χ3v) is 3.62. The van der Waals surface area contributed by atoms with E-state index in [1.165, 1.54) is 6.07 Å². The van der Waals surface area contributed by atoms with E-state index in [-0.39, 0.29) is 18.5 Å². The topological polar surface area (TPSA) is 35.2 Å². The molecule has 0 amide bonds. The average molecular weight is 314 g/mol. The van der Waals surface area contributed by atoms with Crippen molar-refractivity contribution in [2.75, 3.05) is 0 Å². The van der Waals surface area contributed by atoms with Crippen LogP contribution in [0.2, 0.25) is 10.0 Å². The Bertz CT molecular complexity index is 597. The van der Waals surface area contributed by atoms with E-state index >= 15 is 0 Å². The van der Waals surface area contributed by atoms with Gasteiger partial charge in [0.2, 0.25) is 0 Å². The van der Waals surface area contributed by atoms with Crippen molar-refractivity contribution in [3.8, 4) is 5.75 Å². The van der Waals surface area contributed by atoms with Crippen LogP contribution >= 0.6 is 23.2 Å². The van der Waals surface area contributed by atoms with Crippen molar-refractivity contribution in [1.82, 2.24) is 0 Å². The molecule has 0 bridgehead atoms. The molecule has 0 aromatic heterocycles. The SMILES string of the molecule is CC(N)c1ccc(OCc2c(Cl)cccc2Cl)cc1F. The van der Waals surface area contributed by atoms with Crippen molar-refractivity contribution in [3.05, 3.63) is 63.4 Å². The van der Waals surface area contributed by atoms with Gasteiger partial charge >= 0.3 is 0 Å². The summed E-state index contributed by atoms with van der Waals surface area (Å²) >= 11 is 12.1. The van der Waals surface area contributed by atoms with Crippen molar-refractivity contribution in [3.63, 3.8) is 0 Å². The van der Waals surface area contributed by atoms with Crippen LogP contribution in [0.4, 0.5) is 4.39 Å². The largest absolute Gasteiger partial charge is 0.489 e. The highest BCUT2D eigenvalue weighted by Crippen LogP contribution is 2.27. The summed E-state index contributed by atoms with van der Waals surface area (Å²) in [6, 6.07) is 9.45. The van der Waals surface area contributed by atoms with Gasteiger partial charge in [0.05, 0.1) is 0 Å². The van der Waals surface area contributed by atoms with E-state index in [9.17, 15) is 4.39 Å². The highest BCUT2D eigenvalue weighted by molar-refractivity contribution is 6.35. The molecule has 0 saturated carbocycles. The van der Waals surface area contributed by atoms with Crippen molar-refractivity contribution < 1.29 is 9.13 Å². The highest BCUT2D eigenvalue weighted by Gasteiger charge is 2.10. The summed E-state index contributed by atoms with van der Waals surface area (Å²) in [6.07, 6.45) is 0. The molecule has 0 fully saturated rings. The van der Waals surface area contributed by atoms with Crippen LogP contribution in [0, 0.1) is 5.82 Å². The molecule has 0 radical (unpaired) electrons. The molecule has 0 heterocycles. The van der Waals surface area contributed by atoms with Gasteiger partial charge < -0.3 is 10.5 Å². The fourth-order valence-electron chi connectivity index (χ4n) is 1.79. The first-order valence-corrected chi connectivity index (χ1v) is 6.85. The molecule has 0 aliphatic heterocycles. The molecule has 2 N–H and O–H groups in total. The second-order valence-electron chi connectivity index (χ2n) is 4.46. The van der Waals surface area contributed by atoms with Crippen LogP contribution in [0.5, 0.6) is 5.75 Å². The van der Waals surface area contributed by atoms with Gasteiger partial charge in [-0.2, -0.15) is 0 Å². The van der Waals surface area contributed by atoms with E-state index in [0.29, 0.717) is 26.9 Å². The lowest BCUT2D eigenvalue weighted by Crippen LogP contribution is -2.07. The number of rotatable bonds is 4. The van der Waals surface area contributed by atoms with E-state index in [4.69, 9.17) is 33.7 Å². The molecule has 2 rings (SSSR count). The Morgan fingerprint density at radius 2 is 1.85 bits per heavy atom. The first-order valence-electron chi connectivity index (χ1n) is 6.09. The van der Waals surface area contributed by atoms with Gasteiger partial charge in [-0.25, -0.2) is 4.39 Å². The minimum absolute atomic E-state index is 0.176. The Balaban J connectivity index is 2.14. The highest BCUT2D eigenvalue weighted by atomic mass is 35.5. The van der Waals surface area contributed by atoms with Gasteiger partial charge in [0.25, 0.3) is 0 Å². The molecular formula is C15H14Cl2FNO. The van der Waals surface area contributed by atoms with E-state index in [1.807, 2.05) is 0 Å². The minimum Gasteiger partial charge on any atom is -0.489 e. The standard InChI is InChI=1S/C15H14Cl2FNO/c1-9(19)11-6-5-10(7-15(11)18)20-8-12-13(16)3-2-4-14(12)17/h2-7,9H,8,19H2,1H3. The Kier molecular flexibility index (Phi) is 4.86. The molecule has 2 nitrogen and oxygen atoms in total. The molecule has 1 unspecified atom stereocenters. The fraction of sp³-hybridized carbons (Fsp3) is 0.200. The molecule has 0 spiro atoms. The van der Waals surface area contributed by atoms with Crippen LogP contribution in [0.15, 0.2) is 36.4 Å². The molecule has 1 atom stereocenters. The number of halogens is 3. The van der Waals surface area contributed by atoms with Crippen LogP contribution in [0.25, 0.3) is 0 Å². The number of ether oxygens (including phenoxy) is 1. The molecule has 2 aromatic rings. The summed E-state index contributed by atoms with van der Waals surface area (Å²) in [7, 11) is 0. The maximum absolute atomic E-state index is 13.8. The summed E-state index contributed by atoms with van der Waals surface area (Å²) < 4.78 is 19.3. The lowest BCUT2D eigenvalue weighted by molar-refractivity contribution is 0.304. The number of hydrogen-bond acceptors (Lipinski definition) is 2. The third kappa shape index (κ3) is 3.42. The minimum atomic E-state index is -0.386. The first-order chi connectivity index (χ1) is 9.49. The number of benzene rings is 2. The normalized spacial score (nSPS) is 12.2. The van der Waals surface area contributed by atoms with Gasteiger partial charge in [-0.15, -0.1) is 0 Å². The molecule has 106 valence electrons. The van der Waals surface area contributed by atoms with Crippen LogP contribution in [0.1, 0.15) is 24.1 Å². The molecule has 2 aromatic carbocycles. The monoisotopic (exact) mass is 313 g/mol. The van der Waals surface area contributed by atoms with Gasteiger partial charge in [-0.05, 0) is 25.1 Å². The smallest absolute Gasteiger partial charge is 0.131 e. The van der Waals surface area contributed by atoms with Crippen molar-refractivity contribution in [2.24, 2.45) is 5.73 Å². The van der Waals surface area contributed by atoms with Gasteiger partial charge in [0, 0.05) is 33.3 Å². The molecular weight excluding hydrogens is 300 g/mol. The summed E-state index contributed by atoms with van der Waals surface area (Å²) in [6.45, 7) is 1.90. The van der Waals surface area contributed by atoms with E-state index in [1.54, 1.807) is 37.3 Å². The zero-order chi connectivity index (χ0) is 14.7. The van der Waals surface area contributed by atoms with Gasteiger partial charge in [0.1, 0.15) is 18.2 Å². The molecule has 20 heavy (non-hydrogen) atoms. The van der Waals surface area contributed by atoms with Crippen LogP contribution < -0.4 is 10.5 Å². The Morgan fingerprint density at radius 1 is 1.20 bits per heavy atom. The molecule has 0 saturated heterocycles. The number of hydrogen-bond donors (Lipinski definition) is 1. The van der Waals surface area contributed by atoms with Gasteiger partial charge in [-0.1, -0.05) is 35.3 Å². The maximum atomic E-state index is 13.8. The molecule has 0 aliphatic rings.